The molecule has 0 amide bonds. The number of carboxylic acid groups (broad SMARTS) is 1. The number of halogens is 1. The molecule has 0 atom stereocenters. The van der Waals surface area contributed by atoms with Crippen LogP contribution in [-0.4, -0.2) is 25.5 Å². The van der Waals surface area contributed by atoms with Crippen LogP contribution in [0, 0.1) is 0 Å². The number of rotatable bonds is 8. The Morgan fingerprint density at radius 1 is 1.03 bits per heavy atom. The van der Waals surface area contributed by atoms with Gasteiger partial charge in [0.25, 0.3) is 10.0 Å². The Hall–Kier alpha value is -3.29. The van der Waals surface area contributed by atoms with E-state index < -0.39 is 22.0 Å². The molecule has 32 heavy (non-hydrogen) atoms. The van der Waals surface area contributed by atoms with Crippen LogP contribution in [-0.2, 0) is 14.8 Å². The van der Waals surface area contributed by atoms with Crippen molar-refractivity contribution >= 4 is 39.4 Å². The van der Waals surface area contributed by atoms with Crippen molar-refractivity contribution in [2.75, 3.05) is 4.31 Å². The maximum atomic E-state index is 13.4. The molecule has 0 fully saturated rings. The van der Waals surface area contributed by atoms with Gasteiger partial charge in [-0.15, -0.1) is 0 Å². The van der Waals surface area contributed by atoms with Crippen LogP contribution in [0.25, 0.3) is 6.08 Å². The van der Waals surface area contributed by atoms with E-state index >= 15 is 0 Å². The molecule has 3 aromatic rings. The summed E-state index contributed by atoms with van der Waals surface area (Å²) >= 11 is 6.19. The molecule has 3 aromatic carbocycles. The van der Waals surface area contributed by atoms with E-state index in [1.807, 2.05) is 0 Å². The number of aliphatic carboxylic acids is 1. The zero-order chi connectivity index (χ0) is 23.3. The third-order valence-corrected chi connectivity index (χ3v) is 6.67. The van der Waals surface area contributed by atoms with E-state index in [4.69, 9.17) is 21.4 Å². The molecule has 166 valence electrons. The minimum Gasteiger partial charge on any atom is -0.478 e. The van der Waals surface area contributed by atoms with Gasteiger partial charge in [0.05, 0.1) is 10.6 Å². The summed E-state index contributed by atoms with van der Waals surface area (Å²) < 4.78 is 34.2. The van der Waals surface area contributed by atoms with Crippen LogP contribution in [0.5, 0.6) is 11.5 Å². The summed E-state index contributed by atoms with van der Waals surface area (Å²) in [5.41, 5.74) is 0.950. The van der Waals surface area contributed by atoms with Gasteiger partial charge in [0.1, 0.15) is 5.75 Å². The van der Waals surface area contributed by atoms with Gasteiger partial charge < -0.3 is 9.84 Å². The zero-order valence-electron chi connectivity index (χ0n) is 17.5. The number of hydrogen-bond donors (Lipinski definition) is 1. The second kappa shape index (κ2) is 9.89. The number of carbonyl (C=O) groups is 1. The first-order valence-electron chi connectivity index (χ1n) is 9.76. The van der Waals surface area contributed by atoms with Crippen molar-refractivity contribution in [3.8, 4) is 11.5 Å². The van der Waals surface area contributed by atoms with Crippen molar-refractivity contribution in [2.24, 2.45) is 0 Å². The molecular weight excluding hydrogens is 450 g/mol. The predicted octanol–water partition coefficient (Wildman–Crippen LogP) is 5.83. The van der Waals surface area contributed by atoms with Crippen molar-refractivity contribution in [1.82, 2.24) is 0 Å². The lowest BCUT2D eigenvalue weighted by Gasteiger charge is -2.30. The number of nitrogens with zero attached hydrogens (tertiary/aromatic N) is 1. The van der Waals surface area contributed by atoms with Crippen LogP contribution in [0.3, 0.4) is 0 Å². The number of ether oxygens (including phenoxy) is 1. The summed E-state index contributed by atoms with van der Waals surface area (Å²) in [5.74, 6) is -0.404. The minimum atomic E-state index is -3.87. The van der Waals surface area contributed by atoms with E-state index in [9.17, 15) is 13.2 Å². The molecular formula is C24H22ClNO5S. The number of benzene rings is 3. The maximum Gasteiger partial charge on any atom is 0.328 e. The summed E-state index contributed by atoms with van der Waals surface area (Å²) in [6.45, 7) is 3.55. The largest absolute Gasteiger partial charge is 0.478 e. The fourth-order valence-electron chi connectivity index (χ4n) is 3.12. The van der Waals surface area contributed by atoms with Gasteiger partial charge in [-0.25, -0.2) is 13.2 Å². The van der Waals surface area contributed by atoms with E-state index in [0.29, 0.717) is 22.0 Å². The van der Waals surface area contributed by atoms with Crippen LogP contribution < -0.4 is 9.04 Å². The van der Waals surface area contributed by atoms with Gasteiger partial charge in [0, 0.05) is 23.2 Å². The normalized spacial score (nSPS) is 11.6. The first kappa shape index (κ1) is 23.4. The lowest BCUT2D eigenvalue weighted by molar-refractivity contribution is -0.131. The quantitative estimate of drug-likeness (QED) is 0.417. The molecule has 6 nitrogen and oxygen atoms in total. The summed E-state index contributed by atoms with van der Waals surface area (Å²) in [7, 11) is -3.87. The van der Waals surface area contributed by atoms with Crippen molar-refractivity contribution in [3.63, 3.8) is 0 Å². The Bertz CT molecular complexity index is 1240. The molecule has 0 spiro atoms. The lowest BCUT2D eigenvalue weighted by Crippen LogP contribution is -2.37. The average molecular weight is 472 g/mol. The van der Waals surface area contributed by atoms with E-state index in [1.54, 1.807) is 86.6 Å². The van der Waals surface area contributed by atoms with Gasteiger partial charge in [-0.05, 0) is 61.9 Å². The standard InChI is InChI=1S/C24H22ClNO5S/c1-17(2)26(32(29,30)21-9-4-3-5-10-21)22-13-12-19(25)16-23(22)31-20-8-6-7-18(15-20)11-14-24(27)28/h3-17H,1-2H3,(H,27,28)/b14-11+. The molecule has 0 aromatic heterocycles. The molecule has 0 aliphatic rings. The van der Waals surface area contributed by atoms with Crippen molar-refractivity contribution in [3.05, 3.63) is 89.5 Å². The number of carboxylic acids is 1. The number of anilines is 1. The minimum absolute atomic E-state index is 0.162. The second-order valence-corrected chi connectivity index (χ2v) is 9.42. The summed E-state index contributed by atoms with van der Waals surface area (Å²) in [4.78, 5) is 10.9. The molecule has 0 aliphatic carbocycles. The molecule has 0 aliphatic heterocycles. The van der Waals surface area contributed by atoms with Gasteiger partial charge in [0.2, 0.25) is 0 Å². The van der Waals surface area contributed by atoms with Crippen molar-refractivity contribution < 1.29 is 23.1 Å². The Balaban J connectivity index is 2.06. The predicted molar refractivity (Wildman–Crippen MR) is 126 cm³/mol. The number of hydrogen-bond acceptors (Lipinski definition) is 4. The Kier molecular flexibility index (Phi) is 7.22. The van der Waals surface area contributed by atoms with Crippen LogP contribution in [0.1, 0.15) is 19.4 Å². The fraction of sp³-hybridized carbons (Fsp3) is 0.125. The smallest absolute Gasteiger partial charge is 0.328 e. The van der Waals surface area contributed by atoms with Crippen LogP contribution in [0.4, 0.5) is 5.69 Å². The molecule has 0 radical (unpaired) electrons. The molecule has 0 unspecified atom stereocenters. The molecule has 1 N–H and O–H groups in total. The first-order chi connectivity index (χ1) is 15.2. The van der Waals surface area contributed by atoms with E-state index in [1.165, 1.54) is 10.4 Å². The monoisotopic (exact) mass is 471 g/mol. The van der Waals surface area contributed by atoms with Crippen LogP contribution >= 0.6 is 11.6 Å². The van der Waals surface area contributed by atoms with E-state index in [0.717, 1.165) is 6.08 Å². The zero-order valence-corrected chi connectivity index (χ0v) is 19.0. The number of sulfonamides is 1. The van der Waals surface area contributed by atoms with Crippen LogP contribution in [0.2, 0.25) is 5.02 Å². The highest BCUT2D eigenvalue weighted by Gasteiger charge is 2.30. The summed E-state index contributed by atoms with van der Waals surface area (Å²) in [6.07, 6.45) is 2.46. The molecule has 3 rings (SSSR count). The third-order valence-electron chi connectivity index (χ3n) is 4.43. The summed E-state index contributed by atoms with van der Waals surface area (Å²) in [5, 5.41) is 9.22. The Morgan fingerprint density at radius 2 is 1.75 bits per heavy atom. The second-order valence-electron chi connectivity index (χ2n) is 7.17. The Labute approximate surface area is 192 Å². The Morgan fingerprint density at radius 3 is 2.41 bits per heavy atom. The molecule has 8 heteroatoms. The molecule has 0 bridgehead atoms. The third kappa shape index (κ3) is 5.49. The van der Waals surface area contributed by atoms with Gasteiger partial charge in [-0.3, -0.25) is 4.31 Å². The maximum absolute atomic E-state index is 13.4. The first-order valence-corrected chi connectivity index (χ1v) is 11.6. The highest BCUT2D eigenvalue weighted by atomic mass is 35.5. The molecule has 0 saturated heterocycles. The topological polar surface area (TPSA) is 83.9 Å². The van der Waals surface area contributed by atoms with Gasteiger partial charge in [-0.2, -0.15) is 0 Å². The average Bonchev–Trinajstić information content (AvgIpc) is 2.74. The summed E-state index contributed by atoms with van der Waals surface area (Å²) in [6, 6.07) is 19.3. The van der Waals surface area contributed by atoms with Crippen molar-refractivity contribution in [2.45, 2.75) is 24.8 Å². The highest BCUT2D eigenvalue weighted by Crippen LogP contribution is 2.38. The van der Waals surface area contributed by atoms with E-state index in [-0.39, 0.29) is 10.6 Å². The highest BCUT2D eigenvalue weighted by molar-refractivity contribution is 7.92. The van der Waals surface area contributed by atoms with E-state index in [2.05, 4.69) is 0 Å². The van der Waals surface area contributed by atoms with Gasteiger partial charge in [-0.1, -0.05) is 41.9 Å². The van der Waals surface area contributed by atoms with Gasteiger partial charge >= 0.3 is 5.97 Å². The molecule has 0 heterocycles. The SMILES string of the molecule is CC(C)N(c1ccc(Cl)cc1Oc1cccc(/C=C/C(=O)O)c1)S(=O)(=O)c1ccccc1. The lowest BCUT2D eigenvalue weighted by atomic mass is 10.2. The van der Waals surface area contributed by atoms with Crippen molar-refractivity contribution in [1.29, 1.82) is 0 Å². The fourth-order valence-corrected chi connectivity index (χ4v) is 4.97. The molecule has 0 saturated carbocycles. The van der Waals surface area contributed by atoms with Gasteiger partial charge in [0.15, 0.2) is 5.75 Å². The van der Waals surface area contributed by atoms with Crippen LogP contribution in [0.15, 0.2) is 83.8 Å².